The Balaban J connectivity index is 2.22. The number of rotatable bonds is 10. The number of nitrogens with one attached hydrogen (secondary N) is 1. The number of nitrogens with zero attached hydrogens (tertiary/aromatic N) is 2. The monoisotopic (exact) mass is 409 g/mol. The Morgan fingerprint density at radius 1 is 1.20 bits per heavy atom. The molecule has 2 aromatic carbocycles. The van der Waals surface area contributed by atoms with Crippen molar-refractivity contribution < 1.29 is 19.2 Å². The lowest BCUT2D eigenvalue weighted by molar-refractivity contribution is -0.384. The van der Waals surface area contributed by atoms with Gasteiger partial charge in [-0.2, -0.15) is 5.26 Å². The van der Waals surface area contributed by atoms with Crippen LogP contribution in [0.1, 0.15) is 32.3 Å². The molecule has 156 valence electrons. The Hall–Kier alpha value is -3.86. The number of nitro groups is 1. The third-order valence-corrected chi connectivity index (χ3v) is 4.01. The van der Waals surface area contributed by atoms with Crippen molar-refractivity contribution in [2.75, 3.05) is 18.5 Å². The highest BCUT2D eigenvalue weighted by atomic mass is 16.6. The van der Waals surface area contributed by atoms with E-state index >= 15 is 0 Å². The van der Waals surface area contributed by atoms with Crippen LogP contribution in [-0.4, -0.2) is 24.0 Å². The number of anilines is 1. The fourth-order valence-corrected chi connectivity index (χ4v) is 2.54. The molecule has 0 atom stereocenters. The van der Waals surface area contributed by atoms with E-state index in [4.69, 9.17) is 9.47 Å². The quantitative estimate of drug-likeness (QED) is 0.200. The van der Waals surface area contributed by atoms with Crippen LogP contribution in [0, 0.1) is 21.4 Å². The smallest absolute Gasteiger partial charge is 0.271 e. The first kappa shape index (κ1) is 22.4. The molecule has 30 heavy (non-hydrogen) atoms. The molecule has 0 fully saturated rings. The first-order valence-corrected chi connectivity index (χ1v) is 9.55. The Labute approximate surface area is 174 Å². The summed E-state index contributed by atoms with van der Waals surface area (Å²) in [5.74, 6) is 0.458. The van der Waals surface area contributed by atoms with Crippen molar-refractivity contribution in [1.82, 2.24) is 0 Å². The van der Waals surface area contributed by atoms with E-state index in [-0.39, 0.29) is 16.9 Å². The second kappa shape index (κ2) is 11.2. The number of nitriles is 1. The lowest BCUT2D eigenvalue weighted by Crippen LogP contribution is -2.13. The molecular formula is C22H23N3O5. The number of hydrogen-bond donors (Lipinski definition) is 1. The Morgan fingerprint density at radius 3 is 2.67 bits per heavy atom. The maximum Gasteiger partial charge on any atom is 0.271 e. The maximum absolute atomic E-state index is 12.5. The van der Waals surface area contributed by atoms with Gasteiger partial charge < -0.3 is 14.8 Å². The Bertz CT molecular complexity index is 979. The first-order chi connectivity index (χ1) is 14.5. The van der Waals surface area contributed by atoms with Crippen LogP contribution in [0.15, 0.2) is 48.0 Å². The summed E-state index contributed by atoms with van der Waals surface area (Å²) in [6.45, 7) is 4.94. The summed E-state index contributed by atoms with van der Waals surface area (Å²) >= 11 is 0. The maximum atomic E-state index is 12.5. The van der Waals surface area contributed by atoms with E-state index < -0.39 is 10.8 Å². The van der Waals surface area contributed by atoms with E-state index in [9.17, 15) is 20.2 Å². The number of benzene rings is 2. The highest BCUT2D eigenvalue weighted by Crippen LogP contribution is 2.29. The number of nitro benzene ring substituents is 1. The number of carbonyl (C=O) groups is 1. The van der Waals surface area contributed by atoms with Crippen molar-refractivity contribution in [2.24, 2.45) is 0 Å². The molecule has 0 aliphatic carbocycles. The van der Waals surface area contributed by atoms with E-state index in [1.54, 1.807) is 18.2 Å². The lowest BCUT2D eigenvalue weighted by atomic mass is 10.1. The molecule has 0 aliphatic heterocycles. The fraction of sp³-hybridized carbons (Fsp3) is 0.273. The number of amides is 1. The highest BCUT2D eigenvalue weighted by Gasteiger charge is 2.13. The molecule has 1 amide bonds. The van der Waals surface area contributed by atoms with Gasteiger partial charge >= 0.3 is 0 Å². The van der Waals surface area contributed by atoms with Gasteiger partial charge in [0.15, 0.2) is 11.5 Å². The predicted octanol–water partition coefficient (Wildman–Crippen LogP) is 4.72. The number of ether oxygens (including phenoxy) is 2. The molecule has 0 aromatic heterocycles. The zero-order valence-electron chi connectivity index (χ0n) is 16.9. The zero-order valence-corrected chi connectivity index (χ0v) is 16.9. The molecule has 0 saturated carbocycles. The third kappa shape index (κ3) is 6.34. The molecule has 8 nitrogen and oxygen atoms in total. The minimum absolute atomic E-state index is 0.149. The van der Waals surface area contributed by atoms with Crippen LogP contribution in [0.4, 0.5) is 11.4 Å². The van der Waals surface area contributed by atoms with Gasteiger partial charge in [-0.1, -0.05) is 25.5 Å². The van der Waals surface area contributed by atoms with Crippen molar-refractivity contribution in [3.63, 3.8) is 0 Å². The largest absolute Gasteiger partial charge is 0.490 e. The zero-order chi connectivity index (χ0) is 21.9. The molecule has 2 aromatic rings. The van der Waals surface area contributed by atoms with Crippen LogP contribution < -0.4 is 14.8 Å². The normalized spacial score (nSPS) is 10.8. The first-order valence-electron chi connectivity index (χ1n) is 9.55. The molecule has 0 saturated heterocycles. The summed E-state index contributed by atoms with van der Waals surface area (Å²) < 4.78 is 11.3. The number of hydrogen-bond acceptors (Lipinski definition) is 6. The van der Waals surface area contributed by atoms with Gasteiger partial charge in [-0.05, 0) is 43.2 Å². The Morgan fingerprint density at radius 2 is 2.00 bits per heavy atom. The van der Waals surface area contributed by atoms with E-state index in [0.717, 1.165) is 12.8 Å². The molecule has 1 N–H and O–H groups in total. The van der Waals surface area contributed by atoms with Crippen LogP contribution >= 0.6 is 0 Å². The molecule has 0 unspecified atom stereocenters. The summed E-state index contributed by atoms with van der Waals surface area (Å²) in [6.07, 6.45) is 3.35. The van der Waals surface area contributed by atoms with E-state index in [1.165, 1.54) is 30.3 Å². The van der Waals surface area contributed by atoms with Gasteiger partial charge in [0.1, 0.15) is 11.6 Å². The average Bonchev–Trinajstić information content (AvgIpc) is 2.73. The van der Waals surface area contributed by atoms with Crippen LogP contribution in [0.25, 0.3) is 6.08 Å². The Kier molecular flexibility index (Phi) is 8.39. The molecular weight excluding hydrogens is 386 g/mol. The lowest BCUT2D eigenvalue weighted by Gasteiger charge is -2.12. The predicted molar refractivity (Wildman–Crippen MR) is 113 cm³/mol. The van der Waals surface area contributed by atoms with Crippen LogP contribution in [0.5, 0.6) is 11.5 Å². The van der Waals surface area contributed by atoms with E-state index in [0.29, 0.717) is 30.3 Å². The molecule has 0 bridgehead atoms. The summed E-state index contributed by atoms with van der Waals surface area (Å²) in [6, 6.07) is 12.5. The van der Waals surface area contributed by atoms with Crippen molar-refractivity contribution in [1.29, 1.82) is 5.26 Å². The molecule has 8 heteroatoms. The SMILES string of the molecule is CCCCOc1ccc(/C=C(\C#N)C(=O)Nc2cccc([N+](=O)[O-])c2)cc1OCC. The van der Waals surface area contributed by atoms with Gasteiger partial charge in [0.2, 0.25) is 0 Å². The van der Waals surface area contributed by atoms with Crippen molar-refractivity contribution >= 4 is 23.4 Å². The van der Waals surface area contributed by atoms with Crippen molar-refractivity contribution in [3.8, 4) is 17.6 Å². The molecule has 0 heterocycles. The molecule has 0 radical (unpaired) electrons. The number of non-ortho nitro benzene ring substituents is 1. The molecule has 0 aliphatic rings. The summed E-state index contributed by atoms with van der Waals surface area (Å²) in [5, 5.41) is 22.8. The second-order valence-electron chi connectivity index (χ2n) is 6.27. The van der Waals surface area contributed by atoms with Gasteiger partial charge in [-0.25, -0.2) is 0 Å². The summed E-state index contributed by atoms with van der Waals surface area (Å²) in [4.78, 5) is 22.8. The minimum Gasteiger partial charge on any atom is -0.490 e. The third-order valence-electron chi connectivity index (χ3n) is 4.01. The van der Waals surface area contributed by atoms with E-state index in [1.807, 2.05) is 13.0 Å². The van der Waals surface area contributed by atoms with Crippen LogP contribution in [0.3, 0.4) is 0 Å². The van der Waals surface area contributed by atoms with Crippen LogP contribution in [0.2, 0.25) is 0 Å². The van der Waals surface area contributed by atoms with Gasteiger partial charge in [0.25, 0.3) is 11.6 Å². The minimum atomic E-state index is -0.667. The highest BCUT2D eigenvalue weighted by molar-refractivity contribution is 6.09. The molecule has 2 rings (SSSR count). The standard InChI is InChI=1S/C22H23N3O5/c1-3-5-11-30-20-10-9-16(13-21(20)29-4-2)12-17(15-23)22(26)24-18-7-6-8-19(14-18)25(27)28/h6-10,12-14H,3-5,11H2,1-2H3,(H,24,26)/b17-12+. The number of unbranched alkanes of at least 4 members (excludes halogenated alkanes) is 1. The van der Waals surface area contributed by atoms with Crippen LogP contribution in [-0.2, 0) is 4.79 Å². The van der Waals surface area contributed by atoms with Gasteiger partial charge in [0.05, 0.1) is 18.1 Å². The molecule has 0 spiro atoms. The number of carbonyl (C=O) groups excluding carboxylic acids is 1. The van der Waals surface area contributed by atoms with E-state index in [2.05, 4.69) is 12.2 Å². The second-order valence-corrected chi connectivity index (χ2v) is 6.27. The van der Waals surface area contributed by atoms with Gasteiger partial charge in [-0.15, -0.1) is 0 Å². The topological polar surface area (TPSA) is 114 Å². The van der Waals surface area contributed by atoms with Gasteiger partial charge in [-0.3, -0.25) is 14.9 Å². The van der Waals surface area contributed by atoms with Crippen molar-refractivity contribution in [2.45, 2.75) is 26.7 Å². The summed E-state index contributed by atoms with van der Waals surface area (Å²) in [7, 11) is 0. The summed E-state index contributed by atoms with van der Waals surface area (Å²) in [5.41, 5.74) is 0.510. The average molecular weight is 409 g/mol. The fourth-order valence-electron chi connectivity index (χ4n) is 2.54. The van der Waals surface area contributed by atoms with Gasteiger partial charge in [0, 0.05) is 17.8 Å². The van der Waals surface area contributed by atoms with Crippen molar-refractivity contribution in [3.05, 3.63) is 63.7 Å².